The van der Waals surface area contributed by atoms with E-state index in [4.69, 9.17) is 0 Å². The molecule has 0 saturated heterocycles. The van der Waals surface area contributed by atoms with Gasteiger partial charge in [-0.25, -0.2) is 0 Å². The lowest BCUT2D eigenvalue weighted by Crippen LogP contribution is -2.51. The van der Waals surface area contributed by atoms with Crippen molar-refractivity contribution >= 4 is 5.78 Å². The van der Waals surface area contributed by atoms with E-state index < -0.39 is 0 Å². The third-order valence-electron chi connectivity index (χ3n) is 8.62. The Kier molecular flexibility index (Phi) is 3.58. The average Bonchev–Trinajstić information content (AvgIpc) is 2.85. The summed E-state index contributed by atoms with van der Waals surface area (Å²) in [5, 5.41) is 10.3. The number of carbonyl (C=O) groups is 1. The summed E-state index contributed by atoms with van der Waals surface area (Å²) in [4.78, 5) is 11.9. The van der Waals surface area contributed by atoms with E-state index in [-0.39, 0.29) is 11.5 Å². The van der Waals surface area contributed by atoms with Gasteiger partial charge in [0.25, 0.3) is 0 Å². The van der Waals surface area contributed by atoms with E-state index in [0.717, 1.165) is 37.0 Å². The number of aliphatic hydroxyl groups is 1. The molecule has 7 atom stereocenters. The first-order chi connectivity index (χ1) is 10.9. The summed E-state index contributed by atoms with van der Waals surface area (Å²) in [5.41, 5.74) is 2.09. The summed E-state index contributed by atoms with van der Waals surface area (Å²) in [5.74, 6) is 3.21. The standard InChI is InChI=1S/C21H32O2/c1-13(22)17-6-7-18-16-5-4-14-12-15(23)8-10-20(14,2)19(16)9-11-21(17,18)3/h12-13,16-19,22H,4-11H2,1-3H3/t13?,16-,17+,18-,19+,20+,21?/m0/s1. The van der Waals surface area contributed by atoms with Crippen LogP contribution in [-0.4, -0.2) is 17.0 Å². The van der Waals surface area contributed by atoms with Gasteiger partial charge in [0.2, 0.25) is 0 Å². The molecule has 0 aliphatic heterocycles. The number of hydrogen-bond acceptors (Lipinski definition) is 2. The van der Waals surface area contributed by atoms with E-state index in [2.05, 4.69) is 13.8 Å². The van der Waals surface area contributed by atoms with E-state index in [0.29, 0.717) is 17.1 Å². The molecule has 2 unspecified atom stereocenters. The lowest BCUT2D eigenvalue weighted by Gasteiger charge is -2.58. The highest BCUT2D eigenvalue weighted by Gasteiger charge is 2.59. The van der Waals surface area contributed by atoms with Crippen LogP contribution in [0.25, 0.3) is 0 Å². The first kappa shape index (κ1) is 15.9. The summed E-state index contributed by atoms with van der Waals surface area (Å²) >= 11 is 0. The third kappa shape index (κ3) is 2.13. The normalized spacial score (nSPS) is 50.6. The number of rotatable bonds is 1. The van der Waals surface area contributed by atoms with E-state index in [1.165, 1.54) is 37.7 Å². The fraction of sp³-hybridized carbons (Fsp3) is 0.857. The predicted octanol–water partition coefficient (Wildman–Crippen LogP) is 4.52. The predicted molar refractivity (Wildman–Crippen MR) is 91.9 cm³/mol. The van der Waals surface area contributed by atoms with Crippen LogP contribution in [0.3, 0.4) is 0 Å². The summed E-state index contributed by atoms with van der Waals surface area (Å²) in [6.07, 6.45) is 11.1. The van der Waals surface area contributed by atoms with Crippen LogP contribution in [0.15, 0.2) is 11.6 Å². The Hall–Kier alpha value is -0.630. The molecule has 2 heteroatoms. The van der Waals surface area contributed by atoms with Crippen molar-refractivity contribution in [1.29, 1.82) is 0 Å². The maximum absolute atomic E-state index is 11.9. The first-order valence-corrected chi connectivity index (χ1v) is 9.78. The maximum Gasteiger partial charge on any atom is 0.155 e. The molecule has 23 heavy (non-hydrogen) atoms. The van der Waals surface area contributed by atoms with Gasteiger partial charge in [0.15, 0.2) is 5.78 Å². The first-order valence-electron chi connectivity index (χ1n) is 9.78. The Labute approximate surface area is 140 Å². The highest BCUT2D eigenvalue weighted by Crippen LogP contribution is 2.66. The molecule has 2 nitrogen and oxygen atoms in total. The molecule has 0 heterocycles. The van der Waals surface area contributed by atoms with Crippen molar-refractivity contribution in [2.45, 2.75) is 78.2 Å². The largest absolute Gasteiger partial charge is 0.393 e. The Morgan fingerprint density at radius 3 is 2.61 bits per heavy atom. The van der Waals surface area contributed by atoms with Gasteiger partial charge < -0.3 is 5.11 Å². The minimum absolute atomic E-state index is 0.163. The van der Waals surface area contributed by atoms with Crippen LogP contribution in [0.1, 0.15) is 72.1 Å². The molecule has 0 aromatic rings. The zero-order chi connectivity index (χ0) is 16.4. The van der Waals surface area contributed by atoms with E-state index in [1.807, 2.05) is 13.0 Å². The zero-order valence-electron chi connectivity index (χ0n) is 15.0. The molecule has 0 aromatic heterocycles. The van der Waals surface area contributed by atoms with Crippen molar-refractivity contribution < 1.29 is 9.90 Å². The molecule has 0 spiro atoms. The van der Waals surface area contributed by atoms with Gasteiger partial charge in [0.1, 0.15) is 0 Å². The van der Waals surface area contributed by atoms with Gasteiger partial charge in [0.05, 0.1) is 6.10 Å². The van der Waals surface area contributed by atoms with E-state index in [9.17, 15) is 9.90 Å². The van der Waals surface area contributed by atoms with Crippen LogP contribution >= 0.6 is 0 Å². The van der Waals surface area contributed by atoms with Gasteiger partial charge in [-0.2, -0.15) is 0 Å². The number of fused-ring (bicyclic) bond motifs is 5. The molecule has 0 bridgehead atoms. The molecular weight excluding hydrogens is 284 g/mol. The van der Waals surface area contributed by atoms with E-state index in [1.54, 1.807) is 0 Å². The fourth-order valence-electron chi connectivity index (χ4n) is 7.39. The van der Waals surface area contributed by atoms with Crippen molar-refractivity contribution in [3.63, 3.8) is 0 Å². The highest BCUT2D eigenvalue weighted by atomic mass is 16.3. The quantitative estimate of drug-likeness (QED) is 0.772. The molecule has 0 radical (unpaired) electrons. The average molecular weight is 316 g/mol. The second-order valence-electron chi connectivity index (χ2n) is 9.44. The third-order valence-corrected chi connectivity index (χ3v) is 8.62. The Morgan fingerprint density at radius 2 is 1.87 bits per heavy atom. The van der Waals surface area contributed by atoms with Gasteiger partial charge in [-0.1, -0.05) is 19.4 Å². The Bertz CT molecular complexity index is 548. The molecular formula is C21H32O2. The molecule has 3 fully saturated rings. The molecule has 0 amide bonds. The second kappa shape index (κ2) is 5.18. The summed E-state index contributed by atoms with van der Waals surface area (Å²) < 4.78 is 0. The smallest absolute Gasteiger partial charge is 0.155 e. The SMILES string of the molecule is CC(O)[C@H]1CC[C@H]2[C@@H]3CCC4=CC(=O)CC[C@@]4(C)[C@@H]3CCC12C. The van der Waals surface area contributed by atoms with Gasteiger partial charge in [0, 0.05) is 6.42 Å². The molecule has 4 aliphatic rings. The van der Waals surface area contributed by atoms with Crippen LogP contribution in [0.5, 0.6) is 0 Å². The van der Waals surface area contributed by atoms with Crippen LogP contribution in [0.4, 0.5) is 0 Å². The highest BCUT2D eigenvalue weighted by molar-refractivity contribution is 5.91. The Balaban J connectivity index is 1.66. The number of hydrogen-bond donors (Lipinski definition) is 1. The van der Waals surface area contributed by atoms with Crippen molar-refractivity contribution in [2.75, 3.05) is 0 Å². The summed E-state index contributed by atoms with van der Waals surface area (Å²) in [6.45, 7) is 6.92. The second-order valence-corrected chi connectivity index (χ2v) is 9.44. The minimum Gasteiger partial charge on any atom is -0.393 e. The molecule has 1 N–H and O–H groups in total. The van der Waals surface area contributed by atoms with E-state index >= 15 is 0 Å². The van der Waals surface area contributed by atoms with Crippen LogP contribution < -0.4 is 0 Å². The maximum atomic E-state index is 11.9. The van der Waals surface area contributed by atoms with Gasteiger partial charge in [-0.05, 0) is 92.4 Å². The van der Waals surface area contributed by atoms with Gasteiger partial charge >= 0.3 is 0 Å². The van der Waals surface area contributed by atoms with Crippen molar-refractivity contribution in [2.24, 2.45) is 34.5 Å². The topological polar surface area (TPSA) is 37.3 Å². The molecule has 128 valence electrons. The zero-order valence-corrected chi connectivity index (χ0v) is 15.0. The number of allylic oxidation sites excluding steroid dienone is 1. The molecule has 4 aliphatic carbocycles. The Morgan fingerprint density at radius 1 is 1.09 bits per heavy atom. The van der Waals surface area contributed by atoms with Crippen LogP contribution in [0.2, 0.25) is 0 Å². The van der Waals surface area contributed by atoms with Crippen molar-refractivity contribution in [1.82, 2.24) is 0 Å². The van der Waals surface area contributed by atoms with Crippen molar-refractivity contribution in [3.8, 4) is 0 Å². The van der Waals surface area contributed by atoms with Crippen LogP contribution in [-0.2, 0) is 4.79 Å². The van der Waals surface area contributed by atoms with Gasteiger partial charge in [-0.3, -0.25) is 4.79 Å². The van der Waals surface area contributed by atoms with Gasteiger partial charge in [-0.15, -0.1) is 0 Å². The monoisotopic (exact) mass is 316 g/mol. The number of ketones is 1. The molecule has 3 saturated carbocycles. The van der Waals surface area contributed by atoms with Crippen molar-refractivity contribution in [3.05, 3.63) is 11.6 Å². The lowest BCUT2D eigenvalue weighted by molar-refractivity contribution is -0.117. The molecule has 0 aromatic carbocycles. The number of aliphatic hydroxyl groups excluding tert-OH is 1. The summed E-state index contributed by atoms with van der Waals surface area (Å²) in [6, 6.07) is 0. The summed E-state index contributed by atoms with van der Waals surface area (Å²) in [7, 11) is 0. The minimum atomic E-state index is -0.163. The van der Waals surface area contributed by atoms with Crippen LogP contribution in [0, 0.1) is 34.5 Å². The fourth-order valence-corrected chi connectivity index (χ4v) is 7.39. The lowest BCUT2D eigenvalue weighted by atomic mass is 9.46. The molecule has 4 rings (SSSR count). The number of carbonyl (C=O) groups excluding carboxylic acids is 1.